The van der Waals surface area contributed by atoms with Gasteiger partial charge in [-0.1, -0.05) is 18.2 Å². The lowest BCUT2D eigenvalue weighted by molar-refractivity contribution is -0.120. The van der Waals surface area contributed by atoms with Gasteiger partial charge in [-0.05, 0) is 32.0 Å². The van der Waals surface area contributed by atoms with Crippen molar-refractivity contribution in [3.8, 4) is 5.75 Å². The second-order valence-electron chi connectivity index (χ2n) is 5.41. The highest BCUT2D eigenvalue weighted by Crippen LogP contribution is 2.08. The van der Waals surface area contributed by atoms with Gasteiger partial charge in [-0.3, -0.25) is 9.48 Å². The average Bonchev–Trinajstić information content (AvgIpc) is 3.11. The van der Waals surface area contributed by atoms with Crippen LogP contribution in [0.1, 0.15) is 19.9 Å². The Balaban J connectivity index is 1.59. The van der Waals surface area contributed by atoms with E-state index in [0.29, 0.717) is 13.2 Å². The first-order valence-corrected chi connectivity index (χ1v) is 7.84. The van der Waals surface area contributed by atoms with Gasteiger partial charge in [-0.15, -0.1) is 0 Å². The minimum Gasteiger partial charge on any atom is -0.492 e. The summed E-state index contributed by atoms with van der Waals surface area (Å²) in [5, 5.41) is 10.3. The van der Waals surface area contributed by atoms with Crippen LogP contribution in [0.3, 0.4) is 0 Å². The van der Waals surface area contributed by atoms with Crippen LogP contribution in [-0.4, -0.2) is 41.4 Å². The molecule has 0 unspecified atom stereocenters. The number of hydrogen-bond acceptors (Lipinski definition) is 4. The van der Waals surface area contributed by atoms with E-state index < -0.39 is 0 Å². The van der Waals surface area contributed by atoms with Crippen molar-refractivity contribution >= 4 is 5.91 Å². The topological polar surface area (TPSA) is 68.2 Å². The van der Waals surface area contributed by atoms with Gasteiger partial charge in [0.05, 0.1) is 19.1 Å². The Morgan fingerprint density at radius 3 is 2.74 bits per heavy atom. The van der Waals surface area contributed by atoms with Crippen molar-refractivity contribution in [3.63, 3.8) is 0 Å². The third-order valence-corrected chi connectivity index (χ3v) is 3.69. The van der Waals surface area contributed by atoms with Crippen molar-refractivity contribution in [1.29, 1.82) is 0 Å². The van der Waals surface area contributed by atoms with Crippen molar-refractivity contribution in [2.45, 2.75) is 25.9 Å². The van der Waals surface area contributed by atoms with Crippen LogP contribution in [0.15, 0.2) is 48.8 Å². The van der Waals surface area contributed by atoms with Crippen LogP contribution in [0, 0.1) is 0 Å². The second-order valence-corrected chi connectivity index (χ2v) is 5.41. The number of amides is 1. The molecule has 124 valence electrons. The maximum absolute atomic E-state index is 11.8. The highest BCUT2D eigenvalue weighted by Gasteiger charge is 2.14. The molecule has 2 rings (SSSR count). The Bertz CT molecular complexity index is 572. The molecule has 0 bridgehead atoms. The van der Waals surface area contributed by atoms with Crippen LogP contribution >= 0.6 is 0 Å². The largest absolute Gasteiger partial charge is 0.492 e. The van der Waals surface area contributed by atoms with Crippen LogP contribution in [0.5, 0.6) is 5.75 Å². The molecule has 2 aromatic rings. The summed E-state index contributed by atoms with van der Waals surface area (Å²) in [6.45, 7) is 5.32. The van der Waals surface area contributed by atoms with E-state index in [2.05, 4.69) is 22.7 Å². The molecule has 23 heavy (non-hydrogen) atoms. The van der Waals surface area contributed by atoms with E-state index in [-0.39, 0.29) is 24.5 Å². The molecule has 1 aromatic carbocycles. The normalized spacial score (nSPS) is 13.3. The fourth-order valence-corrected chi connectivity index (χ4v) is 2.11. The zero-order valence-corrected chi connectivity index (χ0v) is 13.6. The lowest BCUT2D eigenvalue weighted by Gasteiger charge is -2.21. The van der Waals surface area contributed by atoms with Gasteiger partial charge in [0, 0.05) is 18.4 Å². The first-order valence-electron chi connectivity index (χ1n) is 7.84. The molecule has 6 nitrogen and oxygen atoms in total. The minimum atomic E-state index is -0.0406. The molecule has 1 amide bonds. The molecule has 0 radical (unpaired) electrons. The summed E-state index contributed by atoms with van der Waals surface area (Å²) in [6.07, 6.45) is 3.67. The van der Waals surface area contributed by atoms with Gasteiger partial charge in [0.25, 0.3) is 0 Å². The van der Waals surface area contributed by atoms with Crippen LogP contribution in [-0.2, 0) is 4.79 Å². The number of carbonyl (C=O) groups is 1. The number of benzene rings is 1. The number of hydrogen-bond donors (Lipinski definition) is 2. The summed E-state index contributed by atoms with van der Waals surface area (Å²) >= 11 is 0. The van der Waals surface area contributed by atoms with Gasteiger partial charge in [0.15, 0.2) is 0 Å². The van der Waals surface area contributed by atoms with E-state index in [0.717, 1.165) is 5.75 Å². The van der Waals surface area contributed by atoms with Crippen molar-refractivity contribution in [2.24, 2.45) is 0 Å². The van der Waals surface area contributed by atoms with Crippen LogP contribution in [0.4, 0.5) is 0 Å². The van der Waals surface area contributed by atoms with Crippen molar-refractivity contribution in [1.82, 2.24) is 20.4 Å². The van der Waals surface area contributed by atoms with Crippen molar-refractivity contribution < 1.29 is 9.53 Å². The third kappa shape index (κ3) is 5.75. The summed E-state index contributed by atoms with van der Waals surface area (Å²) in [5.41, 5.74) is 0. The van der Waals surface area contributed by atoms with Gasteiger partial charge >= 0.3 is 0 Å². The Morgan fingerprint density at radius 1 is 1.26 bits per heavy atom. The summed E-state index contributed by atoms with van der Waals surface area (Å²) in [7, 11) is 0. The predicted octanol–water partition coefficient (Wildman–Crippen LogP) is 1.62. The van der Waals surface area contributed by atoms with E-state index in [9.17, 15) is 4.79 Å². The molecule has 2 atom stereocenters. The average molecular weight is 316 g/mol. The monoisotopic (exact) mass is 316 g/mol. The SMILES string of the molecule is C[C@H](NCC(=O)NCCOc1ccccc1)[C@H](C)n1cccn1. The zero-order chi connectivity index (χ0) is 16.5. The Labute approximate surface area is 136 Å². The summed E-state index contributed by atoms with van der Waals surface area (Å²) in [4.78, 5) is 11.8. The quantitative estimate of drug-likeness (QED) is 0.690. The maximum Gasteiger partial charge on any atom is 0.234 e. The van der Waals surface area contributed by atoms with Crippen LogP contribution in [0.2, 0.25) is 0 Å². The molecule has 0 aliphatic heterocycles. The molecule has 0 saturated carbocycles. The molecule has 1 heterocycles. The molecule has 1 aromatic heterocycles. The molecule has 0 saturated heterocycles. The highest BCUT2D eigenvalue weighted by molar-refractivity contribution is 5.77. The number of nitrogens with zero attached hydrogens (tertiary/aromatic N) is 2. The maximum atomic E-state index is 11.8. The van der Waals surface area contributed by atoms with E-state index in [4.69, 9.17) is 4.74 Å². The van der Waals surface area contributed by atoms with Crippen LogP contribution in [0.25, 0.3) is 0 Å². The standard InChI is InChI=1S/C17H24N4O2/c1-14(15(2)21-11-6-9-20-21)19-13-17(22)18-10-12-23-16-7-4-3-5-8-16/h3-9,11,14-15,19H,10,12-13H2,1-2H3,(H,18,22)/t14-,15-/m0/s1. The smallest absolute Gasteiger partial charge is 0.234 e. The van der Waals surface area contributed by atoms with Crippen molar-refractivity contribution in [3.05, 3.63) is 48.8 Å². The Kier molecular flexibility index (Phi) is 6.62. The van der Waals surface area contributed by atoms with E-state index in [1.165, 1.54) is 0 Å². The number of carbonyl (C=O) groups excluding carboxylic acids is 1. The van der Waals surface area contributed by atoms with Gasteiger partial charge in [-0.2, -0.15) is 5.10 Å². The molecular weight excluding hydrogens is 292 g/mol. The fraction of sp³-hybridized carbons (Fsp3) is 0.412. The number of aromatic nitrogens is 2. The number of para-hydroxylation sites is 1. The summed E-state index contributed by atoms with van der Waals surface area (Å²) in [6, 6.07) is 11.8. The summed E-state index contributed by atoms with van der Waals surface area (Å²) in [5.74, 6) is 0.766. The van der Waals surface area contributed by atoms with E-state index >= 15 is 0 Å². The molecule has 6 heteroatoms. The Morgan fingerprint density at radius 2 is 2.04 bits per heavy atom. The first-order chi connectivity index (χ1) is 11.2. The van der Waals surface area contributed by atoms with E-state index in [1.807, 2.05) is 54.2 Å². The highest BCUT2D eigenvalue weighted by atomic mass is 16.5. The molecular formula is C17H24N4O2. The van der Waals surface area contributed by atoms with Gasteiger partial charge < -0.3 is 15.4 Å². The second kappa shape index (κ2) is 8.95. The molecule has 0 spiro atoms. The Hall–Kier alpha value is -2.34. The number of ether oxygens (including phenoxy) is 1. The van der Waals surface area contributed by atoms with Gasteiger partial charge in [-0.25, -0.2) is 0 Å². The molecule has 0 aliphatic carbocycles. The lowest BCUT2D eigenvalue weighted by Crippen LogP contribution is -2.42. The summed E-state index contributed by atoms with van der Waals surface area (Å²) < 4.78 is 7.40. The van der Waals surface area contributed by atoms with Crippen molar-refractivity contribution in [2.75, 3.05) is 19.7 Å². The minimum absolute atomic E-state index is 0.0406. The molecule has 2 N–H and O–H groups in total. The van der Waals surface area contributed by atoms with Gasteiger partial charge in [0.1, 0.15) is 12.4 Å². The number of rotatable bonds is 9. The van der Waals surface area contributed by atoms with Crippen LogP contribution < -0.4 is 15.4 Å². The first kappa shape index (κ1) is 17.0. The fourth-order valence-electron chi connectivity index (χ4n) is 2.11. The predicted molar refractivity (Wildman–Crippen MR) is 89.3 cm³/mol. The third-order valence-electron chi connectivity index (χ3n) is 3.69. The van der Waals surface area contributed by atoms with Gasteiger partial charge in [0.2, 0.25) is 5.91 Å². The molecule has 0 fully saturated rings. The molecule has 0 aliphatic rings. The zero-order valence-electron chi connectivity index (χ0n) is 13.6. The lowest BCUT2D eigenvalue weighted by atomic mass is 10.2. The van der Waals surface area contributed by atoms with E-state index in [1.54, 1.807) is 6.20 Å². The number of nitrogens with one attached hydrogen (secondary N) is 2.